The second-order valence-electron chi connectivity index (χ2n) is 4.23. The Bertz CT molecular complexity index is 569. The van der Waals surface area contributed by atoms with Crippen molar-refractivity contribution in [3.05, 3.63) is 23.3 Å². The molecule has 108 valence electrons. The fraction of sp³-hybridized carbons (Fsp3) is 0.333. The van der Waals surface area contributed by atoms with Crippen LogP contribution in [0.4, 0.5) is 18.9 Å². The van der Waals surface area contributed by atoms with E-state index in [2.05, 4.69) is 10.1 Å². The molecule has 1 aliphatic rings. The number of alkyl halides is 3. The van der Waals surface area contributed by atoms with E-state index in [1.165, 1.54) is 6.07 Å². The van der Waals surface area contributed by atoms with E-state index in [1.807, 2.05) is 0 Å². The smallest absolute Gasteiger partial charge is 0.478 e. The van der Waals surface area contributed by atoms with Crippen LogP contribution in [-0.4, -0.2) is 29.8 Å². The van der Waals surface area contributed by atoms with E-state index in [9.17, 15) is 22.8 Å². The molecule has 1 aromatic carbocycles. The lowest BCUT2D eigenvalue weighted by atomic mass is 10.00. The Morgan fingerprint density at radius 3 is 2.60 bits per heavy atom. The van der Waals surface area contributed by atoms with Crippen molar-refractivity contribution in [3.63, 3.8) is 0 Å². The van der Waals surface area contributed by atoms with Gasteiger partial charge in [0.1, 0.15) is 0 Å². The van der Waals surface area contributed by atoms with Crippen molar-refractivity contribution >= 4 is 17.6 Å². The van der Waals surface area contributed by atoms with Gasteiger partial charge in [-0.2, -0.15) is 13.2 Å². The van der Waals surface area contributed by atoms with Crippen molar-refractivity contribution in [2.45, 2.75) is 19.0 Å². The van der Waals surface area contributed by atoms with Crippen molar-refractivity contribution < 1.29 is 32.6 Å². The highest BCUT2D eigenvalue weighted by atomic mass is 19.4. The van der Waals surface area contributed by atoms with Crippen molar-refractivity contribution in [1.29, 1.82) is 0 Å². The molecular formula is C12H10F3NO4. The number of carboxylic acids is 1. The zero-order valence-corrected chi connectivity index (χ0v) is 10.1. The summed E-state index contributed by atoms with van der Waals surface area (Å²) in [7, 11) is 0. The summed E-state index contributed by atoms with van der Waals surface area (Å²) in [5.74, 6) is -4.10. The minimum atomic E-state index is -5.14. The third-order valence-electron chi connectivity index (χ3n) is 2.79. The molecule has 2 N–H and O–H groups in total. The number of anilines is 1. The largest absolute Gasteiger partial charge is 0.491 e. The Balaban J connectivity index is 2.42. The van der Waals surface area contributed by atoms with Crippen LogP contribution in [0.2, 0.25) is 0 Å². The van der Waals surface area contributed by atoms with E-state index in [4.69, 9.17) is 5.11 Å². The van der Waals surface area contributed by atoms with Gasteiger partial charge in [0.2, 0.25) is 0 Å². The lowest BCUT2D eigenvalue weighted by Gasteiger charge is -2.21. The molecule has 0 fully saturated rings. The van der Waals surface area contributed by atoms with E-state index in [0.29, 0.717) is 24.9 Å². The first-order chi connectivity index (χ1) is 9.29. The summed E-state index contributed by atoms with van der Waals surface area (Å²) in [6.07, 6.45) is -3.93. The van der Waals surface area contributed by atoms with Gasteiger partial charge in [0.25, 0.3) is 0 Å². The van der Waals surface area contributed by atoms with Crippen LogP contribution in [0.25, 0.3) is 0 Å². The first kappa shape index (κ1) is 14.2. The van der Waals surface area contributed by atoms with Gasteiger partial charge in [-0.25, -0.2) is 9.59 Å². The molecule has 0 saturated heterocycles. The Labute approximate surface area is 111 Å². The fourth-order valence-corrected chi connectivity index (χ4v) is 1.92. The summed E-state index contributed by atoms with van der Waals surface area (Å²) >= 11 is 0. The number of aryl methyl sites for hydroxylation is 1. The standard InChI is InChI=1S/C12H10F3NO4/c13-12(14,15)11(19)20-8-5-7(10(17)18)4-6-2-1-3-16-9(6)8/h4-5,16H,1-3H2,(H,17,18). The van der Waals surface area contributed by atoms with Gasteiger partial charge in [-0.1, -0.05) is 0 Å². The van der Waals surface area contributed by atoms with Crippen LogP contribution >= 0.6 is 0 Å². The van der Waals surface area contributed by atoms with Crippen LogP contribution in [0.1, 0.15) is 22.3 Å². The molecule has 2 rings (SSSR count). The number of halogens is 3. The van der Waals surface area contributed by atoms with Gasteiger partial charge in [-0.05, 0) is 30.5 Å². The van der Waals surface area contributed by atoms with E-state index < -0.39 is 23.9 Å². The molecule has 0 saturated carbocycles. The summed E-state index contributed by atoms with van der Waals surface area (Å²) in [5, 5.41) is 11.7. The zero-order chi connectivity index (χ0) is 14.9. The van der Waals surface area contributed by atoms with Crippen LogP contribution in [0, 0.1) is 0 Å². The lowest BCUT2D eigenvalue weighted by Crippen LogP contribution is -2.28. The van der Waals surface area contributed by atoms with Gasteiger partial charge in [-0.3, -0.25) is 0 Å². The number of hydrogen-bond acceptors (Lipinski definition) is 4. The highest BCUT2D eigenvalue weighted by Gasteiger charge is 2.42. The van der Waals surface area contributed by atoms with E-state index in [1.54, 1.807) is 0 Å². The minimum absolute atomic E-state index is 0.225. The predicted octanol–water partition coefficient (Wildman–Crippen LogP) is 2.21. The molecule has 0 amide bonds. The molecule has 0 aromatic heterocycles. The number of nitrogens with one attached hydrogen (secondary N) is 1. The molecule has 20 heavy (non-hydrogen) atoms. The number of hydrogen-bond donors (Lipinski definition) is 2. The summed E-state index contributed by atoms with van der Waals surface area (Å²) in [5.41, 5.74) is 0.525. The number of fused-ring (bicyclic) bond motifs is 1. The van der Waals surface area contributed by atoms with Gasteiger partial charge in [0.15, 0.2) is 5.75 Å². The van der Waals surface area contributed by atoms with Crippen molar-refractivity contribution in [1.82, 2.24) is 0 Å². The molecule has 0 radical (unpaired) electrons. The van der Waals surface area contributed by atoms with Crippen molar-refractivity contribution in [3.8, 4) is 5.75 Å². The molecule has 8 heteroatoms. The first-order valence-electron chi connectivity index (χ1n) is 5.72. The average molecular weight is 289 g/mol. The normalized spacial score (nSPS) is 14.2. The van der Waals surface area contributed by atoms with Crippen LogP contribution < -0.4 is 10.1 Å². The number of benzene rings is 1. The quantitative estimate of drug-likeness (QED) is 0.645. The molecule has 0 atom stereocenters. The van der Waals surface area contributed by atoms with Gasteiger partial charge in [0.05, 0.1) is 11.3 Å². The lowest BCUT2D eigenvalue weighted by molar-refractivity contribution is -0.189. The first-order valence-corrected chi connectivity index (χ1v) is 5.72. The van der Waals surface area contributed by atoms with Gasteiger partial charge < -0.3 is 15.2 Å². The van der Waals surface area contributed by atoms with Crippen molar-refractivity contribution in [2.24, 2.45) is 0 Å². The van der Waals surface area contributed by atoms with E-state index in [0.717, 1.165) is 6.07 Å². The molecule has 0 bridgehead atoms. The number of esters is 1. The maximum Gasteiger partial charge on any atom is 0.491 e. The van der Waals surface area contributed by atoms with Crippen LogP contribution in [0.5, 0.6) is 5.75 Å². The predicted molar refractivity (Wildman–Crippen MR) is 61.9 cm³/mol. The Hall–Kier alpha value is -2.25. The summed E-state index contributed by atoms with van der Waals surface area (Å²) < 4.78 is 40.9. The highest BCUT2D eigenvalue weighted by Crippen LogP contribution is 2.35. The SMILES string of the molecule is O=C(O)c1cc2c(c(OC(=O)C(F)(F)F)c1)NCCC2. The average Bonchev–Trinajstić information content (AvgIpc) is 2.37. The second kappa shape index (κ2) is 5.03. The molecule has 1 aromatic rings. The summed E-state index contributed by atoms with van der Waals surface area (Å²) in [6.45, 7) is 0.510. The number of ether oxygens (including phenoxy) is 1. The third kappa shape index (κ3) is 2.84. The molecular weight excluding hydrogens is 279 g/mol. The molecule has 5 nitrogen and oxygen atoms in total. The Morgan fingerprint density at radius 2 is 2.00 bits per heavy atom. The number of carbonyl (C=O) groups is 2. The molecule has 1 aliphatic heterocycles. The van der Waals surface area contributed by atoms with Gasteiger partial charge in [0, 0.05) is 6.54 Å². The Morgan fingerprint density at radius 1 is 1.30 bits per heavy atom. The molecule has 0 spiro atoms. The molecule has 0 aliphatic carbocycles. The maximum atomic E-state index is 12.2. The Kier molecular flexibility index (Phi) is 3.56. The minimum Gasteiger partial charge on any atom is -0.478 e. The third-order valence-corrected chi connectivity index (χ3v) is 2.79. The topological polar surface area (TPSA) is 75.6 Å². The second-order valence-corrected chi connectivity index (χ2v) is 4.23. The highest BCUT2D eigenvalue weighted by molar-refractivity contribution is 5.91. The molecule has 1 heterocycles. The number of carboxylic acid groups (broad SMARTS) is 1. The zero-order valence-electron chi connectivity index (χ0n) is 10.1. The van der Waals surface area contributed by atoms with E-state index >= 15 is 0 Å². The maximum absolute atomic E-state index is 12.2. The number of aromatic carboxylic acids is 1. The molecule has 0 unspecified atom stereocenters. The van der Waals surface area contributed by atoms with Crippen LogP contribution in [0.15, 0.2) is 12.1 Å². The summed E-state index contributed by atoms with van der Waals surface area (Å²) in [6, 6.07) is 2.26. The monoisotopic (exact) mass is 289 g/mol. The van der Waals surface area contributed by atoms with Crippen LogP contribution in [0.3, 0.4) is 0 Å². The van der Waals surface area contributed by atoms with Crippen LogP contribution in [-0.2, 0) is 11.2 Å². The fourth-order valence-electron chi connectivity index (χ4n) is 1.92. The van der Waals surface area contributed by atoms with Gasteiger partial charge in [-0.15, -0.1) is 0 Å². The van der Waals surface area contributed by atoms with Crippen molar-refractivity contribution in [2.75, 3.05) is 11.9 Å². The summed E-state index contributed by atoms with van der Waals surface area (Å²) in [4.78, 5) is 21.8. The number of carbonyl (C=O) groups excluding carboxylic acids is 1. The van der Waals surface area contributed by atoms with E-state index in [-0.39, 0.29) is 11.3 Å². The van der Waals surface area contributed by atoms with Gasteiger partial charge >= 0.3 is 18.1 Å². The number of rotatable bonds is 2.